The topological polar surface area (TPSA) is 43.0 Å². The average molecular weight is 301 g/mol. The Hall–Kier alpha value is -1.17. The lowest BCUT2D eigenvalue weighted by molar-refractivity contribution is 0.228. The second kappa shape index (κ2) is 7.02. The minimum absolute atomic E-state index is 0.509. The van der Waals surface area contributed by atoms with Crippen molar-refractivity contribution >= 4 is 11.6 Å². The molecule has 6 heteroatoms. The van der Waals surface area contributed by atoms with Gasteiger partial charge in [-0.25, -0.2) is 0 Å². The number of rotatable bonds is 5. The van der Waals surface area contributed by atoms with Crippen molar-refractivity contribution in [2.75, 3.05) is 47.5 Å². The smallest absolute Gasteiger partial charge is 0.205 e. The van der Waals surface area contributed by atoms with Crippen molar-refractivity contribution in [1.82, 2.24) is 10.2 Å². The molecule has 0 aliphatic carbocycles. The summed E-state index contributed by atoms with van der Waals surface area (Å²) in [6.07, 6.45) is 0. The molecule has 0 atom stereocenters. The Balaban J connectivity index is 2.33. The Morgan fingerprint density at radius 2 is 1.65 bits per heavy atom. The second-order valence-corrected chi connectivity index (χ2v) is 5.05. The van der Waals surface area contributed by atoms with Gasteiger partial charge in [0.05, 0.1) is 26.4 Å². The highest BCUT2D eigenvalue weighted by atomic mass is 35.5. The number of methoxy groups -OCH3 is 3. The standard InChI is InChI=1S/C14H21ClN2O3/c1-18-12-10(9-17-6-4-16-5-7-17)8-11(15)13(19-2)14(12)20-3/h8,16H,4-7,9H2,1-3H3. The first-order chi connectivity index (χ1) is 9.71. The number of nitrogens with one attached hydrogen (secondary N) is 1. The lowest BCUT2D eigenvalue weighted by Gasteiger charge is -2.28. The summed E-state index contributed by atoms with van der Waals surface area (Å²) in [5.74, 6) is 1.75. The Morgan fingerprint density at radius 1 is 1.05 bits per heavy atom. The summed E-state index contributed by atoms with van der Waals surface area (Å²) in [6.45, 7) is 4.81. The summed E-state index contributed by atoms with van der Waals surface area (Å²) >= 11 is 6.27. The number of hydrogen-bond acceptors (Lipinski definition) is 5. The van der Waals surface area contributed by atoms with Crippen LogP contribution in [0.4, 0.5) is 0 Å². The Bertz CT molecular complexity index is 462. The third-order valence-electron chi connectivity index (χ3n) is 3.44. The molecule has 0 saturated carbocycles. The van der Waals surface area contributed by atoms with E-state index in [2.05, 4.69) is 10.2 Å². The number of ether oxygens (including phenoxy) is 3. The number of hydrogen-bond donors (Lipinski definition) is 1. The Morgan fingerprint density at radius 3 is 2.20 bits per heavy atom. The van der Waals surface area contributed by atoms with E-state index in [1.807, 2.05) is 6.07 Å². The van der Waals surface area contributed by atoms with E-state index in [4.69, 9.17) is 25.8 Å². The molecule has 0 radical (unpaired) electrons. The van der Waals surface area contributed by atoms with Gasteiger partial charge in [-0.2, -0.15) is 0 Å². The second-order valence-electron chi connectivity index (χ2n) is 4.64. The first-order valence-corrected chi connectivity index (χ1v) is 6.99. The molecule has 0 unspecified atom stereocenters. The number of nitrogens with zero attached hydrogens (tertiary/aromatic N) is 1. The number of halogens is 1. The molecule has 0 amide bonds. The van der Waals surface area contributed by atoms with E-state index < -0.39 is 0 Å². The highest BCUT2D eigenvalue weighted by Crippen LogP contribution is 2.45. The summed E-state index contributed by atoms with van der Waals surface area (Å²) in [7, 11) is 4.79. The summed E-state index contributed by atoms with van der Waals surface area (Å²) in [5, 5.41) is 3.87. The largest absolute Gasteiger partial charge is 0.492 e. The molecule has 0 aromatic heterocycles. The maximum absolute atomic E-state index is 6.27. The molecule has 20 heavy (non-hydrogen) atoms. The van der Waals surface area contributed by atoms with Gasteiger partial charge in [-0.15, -0.1) is 0 Å². The predicted molar refractivity (Wildman–Crippen MR) is 79.3 cm³/mol. The highest BCUT2D eigenvalue weighted by molar-refractivity contribution is 6.32. The summed E-state index contributed by atoms with van der Waals surface area (Å²) in [5.41, 5.74) is 1.01. The van der Waals surface area contributed by atoms with Crippen LogP contribution in [0.1, 0.15) is 5.56 Å². The fourth-order valence-electron chi connectivity index (χ4n) is 2.47. The van der Waals surface area contributed by atoms with Gasteiger partial charge in [0.1, 0.15) is 0 Å². The van der Waals surface area contributed by atoms with Crippen molar-refractivity contribution in [3.8, 4) is 17.2 Å². The van der Waals surface area contributed by atoms with Crippen LogP contribution in [0.3, 0.4) is 0 Å². The molecule has 5 nitrogen and oxygen atoms in total. The molecule has 1 fully saturated rings. The normalized spacial score (nSPS) is 16.0. The monoisotopic (exact) mass is 300 g/mol. The van der Waals surface area contributed by atoms with Gasteiger partial charge in [0, 0.05) is 38.3 Å². The molecule has 0 spiro atoms. The molecule has 1 aromatic carbocycles. The predicted octanol–water partition coefficient (Wildman–Crippen LogP) is 1.77. The lowest BCUT2D eigenvalue weighted by Crippen LogP contribution is -2.42. The molecular weight excluding hydrogens is 280 g/mol. The van der Waals surface area contributed by atoms with E-state index in [0.717, 1.165) is 38.3 Å². The van der Waals surface area contributed by atoms with E-state index in [0.29, 0.717) is 22.3 Å². The van der Waals surface area contributed by atoms with Crippen LogP contribution in [0.2, 0.25) is 5.02 Å². The molecule has 2 rings (SSSR count). The molecule has 1 heterocycles. The SMILES string of the molecule is COc1c(Cl)cc(CN2CCNCC2)c(OC)c1OC. The van der Waals surface area contributed by atoms with Gasteiger partial charge in [-0.05, 0) is 6.07 Å². The van der Waals surface area contributed by atoms with Gasteiger partial charge in [-0.3, -0.25) is 4.90 Å². The lowest BCUT2D eigenvalue weighted by atomic mass is 10.1. The highest BCUT2D eigenvalue weighted by Gasteiger charge is 2.21. The van der Waals surface area contributed by atoms with Crippen LogP contribution in [0.15, 0.2) is 6.07 Å². The molecular formula is C14H21ClN2O3. The van der Waals surface area contributed by atoms with E-state index in [1.165, 1.54) is 0 Å². The van der Waals surface area contributed by atoms with Crippen molar-refractivity contribution in [2.45, 2.75) is 6.54 Å². The van der Waals surface area contributed by atoms with Gasteiger partial charge in [-0.1, -0.05) is 11.6 Å². The molecule has 112 valence electrons. The fraction of sp³-hybridized carbons (Fsp3) is 0.571. The van der Waals surface area contributed by atoms with Crippen LogP contribution in [-0.2, 0) is 6.54 Å². The van der Waals surface area contributed by atoms with Crippen LogP contribution in [0.5, 0.6) is 17.2 Å². The summed E-state index contributed by atoms with van der Waals surface area (Å²) < 4.78 is 16.2. The third kappa shape index (κ3) is 3.11. The quantitative estimate of drug-likeness (QED) is 0.898. The average Bonchev–Trinajstić information content (AvgIpc) is 2.47. The first-order valence-electron chi connectivity index (χ1n) is 6.61. The fourth-order valence-corrected chi connectivity index (χ4v) is 2.76. The zero-order valence-corrected chi connectivity index (χ0v) is 12.9. The first kappa shape index (κ1) is 15.2. The van der Waals surface area contributed by atoms with Gasteiger partial charge in [0.25, 0.3) is 0 Å². The van der Waals surface area contributed by atoms with Gasteiger partial charge in [0.2, 0.25) is 5.75 Å². The molecule has 1 aromatic rings. The maximum atomic E-state index is 6.27. The van der Waals surface area contributed by atoms with Crippen LogP contribution in [-0.4, -0.2) is 52.4 Å². The minimum atomic E-state index is 0.509. The summed E-state index contributed by atoms with van der Waals surface area (Å²) in [6, 6.07) is 1.89. The summed E-state index contributed by atoms with van der Waals surface area (Å²) in [4.78, 5) is 2.36. The molecule has 1 aliphatic rings. The van der Waals surface area contributed by atoms with E-state index in [1.54, 1.807) is 21.3 Å². The Kier molecular flexibility index (Phi) is 5.34. The number of piperazine rings is 1. The van der Waals surface area contributed by atoms with Gasteiger partial charge < -0.3 is 19.5 Å². The van der Waals surface area contributed by atoms with Crippen molar-refractivity contribution in [1.29, 1.82) is 0 Å². The number of benzene rings is 1. The molecule has 0 bridgehead atoms. The van der Waals surface area contributed by atoms with Crippen LogP contribution in [0, 0.1) is 0 Å². The zero-order chi connectivity index (χ0) is 14.5. The van der Waals surface area contributed by atoms with Crippen LogP contribution < -0.4 is 19.5 Å². The minimum Gasteiger partial charge on any atom is -0.492 e. The van der Waals surface area contributed by atoms with E-state index in [9.17, 15) is 0 Å². The van der Waals surface area contributed by atoms with E-state index >= 15 is 0 Å². The van der Waals surface area contributed by atoms with Crippen molar-refractivity contribution < 1.29 is 14.2 Å². The van der Waals surface area contributed by atoms with Gasteiger partial charge in [0.15, 0.2) is 11.5 Å². The van der Waals surface area contributed by atoms with Crippen LogP contribution in [0.25, 0.3) is 0 Å². The van der Waals surface area contributed by atoms with Gasteiger partial charge >= 0.3 is 0 Å². The van der Waals surface area contributed by atoms with E-state index in [-0.39, 0.29) is 0 Å². The van der Waals surface area contributed by atoms with Crippen molar-refractivity contribution in [3.63, 3.8) is 0 Å². The molecule has 1 saturated heterocycles. The van der Waals surface area contributed by atoms with Crippen molar-refractivity contribution in [3.05, 3.63) is 16.7 Å². The van der Waals surface area contributed by atoms with Crippen molar-refractivity contribution in [2.24, 2.45) is 0 Å². The third-order valence-corrected chi connectivity index (χ3v) is 3.72. The van der Waals surface area contributed by atoms with Crippen LogP contribution >= 0.6 is 11.6 Å². The molecule has 1 N–H and O–H groups in total. The zero-order valence-electron chi connectivity index (χ0n) is 12.2. The molecule has 1 aliphatic heterocycles. The Labute approximate surface area is 124 Å². The maximum Gasteiger partial charge on any atom is 0.205 e.